The molecule has 0 aromatic carbocycles. The van der Waals surface area contributed by atoms with Crippen molar-refractivity contribution in [3.8, 4) is 0 Å². The lowest BCUT2D eigenvalue weighted by Crippen LogP contribution is -2.60. The van der Waals surface area contributed by atoms with Gasteiger partial charge in [0.05, 0.1) is 6.61 Å². The maximum atomic E-state index is 12.8. The number of unbranched alkanes of at least 4 members (excludes halogenated alkanes) is 23. The Kier molecular flexibility index (Phi) is 32.1. The quantitative estimate of drug-likeness (QED) is 0.0203. The van der Waals surface area contributed by atoms with Crippen LogP contribution in [0.3, 0.4) is 0 Å². The average Bonchev–Trinajstić information content (AvgIpc) is 3.16. The summed E-state index contributed by atoms with van der Waals surface area (Å²) in [6, 6.07) is 0. The minimum absolute atomic E-state index is 0.158. The van der Waals surface area contributed by atoms with Crippen molar-refractivity contribution >= 4 is 22.1 Å². The van der Waals surface area contributed by atoms with Crippen LogP contribution in [0.5, 0.6) is 0 Å². The highest BCUT2D eigenvalue weighted by atomic mass is 32.2. The zero-order valence-corrected chi connectivity index (χ0v) is 35.8. The number of rotatable bonds is 37. The third-order valence-electron chi connectivity index (χ3n) is 10.3. The van der Waals surface area contributed by atoms with E-state index < -0.39 is 71.2 Å². The van der Waals surface area contributed by atoms with E-state index in [-0.39, 0.29) is 19.4 Å². The van der Waals surface area contributed by atoms with Gasteiger partial charge < -0.3 is 34.3 Å². The first kappa shape index (κ1) is 52.4. The number of ether oxygens (including phenoxy) is 4. The molecular weight excluding hydrogens is 741 g/mol. The summed E-state index contributed by atoms with van der Waals surface area (Å²) in [5, 5.41) is 30.8. The molecule has 1 rings (SSSR count). The van der Waals surface area contributed by atoms with Crippen molar-refractivity contribution in [2.75, 3.05) is 19.0 Å². The molecule has 1 aliphatic heterocycles. The van der Waals surface area contributed by atoms with E-state index in [0.29, 0.717) is 12.8 Å². The van der Waals surface area contributed by atoms with Crippen LogP contribution >= 0.6 is 0 Å². The van der Waals surface area contributed by atoms with Crippen molar-refractivity contribution in [2.24, 2.45) is 0 Å². The molecule has 6 unspecified atom stereocenters. The molecule has 1 fully saturated rings. The Hall–Kier alpha value is -1.61. The first-order valence-corrected chi connectivity index (χ1v) is 23.9. The molecule has 12 nitrogen and oxygen atoms in total. The normalized spacial score (nSPS) is 20.7. The van der Waals surface area contributed by atoms with Crippen LogP contribution in [0.2, 0.25) is 0 Å². The van der Waals surface area contributed by atoms with Crippen molar-refractivity contribution in [3.05, 3.63) is 12.2 Å². The van der Waals surface area contributed by atoms with Gasteiger partial charge in [-0.15, -0.1) is 0 Å². The Morgan fingerprint density at radius 3 is 1.48 bits per heavy atom. The van der Waals surface area contributed by atoms with Gasteiger partial charge >= 0.3 is 11.9 Å². The fraction of sp³-hybridized carbons (Fsp3) is 0.907. The molecule has 0 bridgehead atoms. The molecule has 0 spiro atoms. The third kappa shape index (κ3) is 28.7. The number of carbonyl (C=O) groups excluding carboxylic acids is 2. The molecule has 13 heteroatoms. The van der Waals surface area contributed by atoms with Gasteiger partial charge in [0, 0.05) is 12.8 Å². The highest BCUT2D eigenvalue weighted by Gasteiger charge is 2.46. The number of aliphatic hydroxyl groups is 3. The monoisotopic (exact) mass is 821 g/mol. The van der Waals surface area contributed by atoms with Gasteiger partial charge in [0.15, 0.2) is 12.4 Å². The first-order valence-electron chi connectivity index (χ1n) is 22.2. The van der Waals surface area contributed by atoms with Gasteiger partial charge in [-0.3, -0.25) is 14.1 Å². The van der Waals surface area contributed by atoms with E-state index in [0.717, 1.165) is 57.8 Å². The summed E-state index contributed by atoms with van der Waals surface area (Å²) in [6.45, 7) is 3.75. The predicted molar refractivity (Wildman–Crippen MR) is 220 cm³/mol. The Morgan fingerprint density at radius 2 is 1.02 bits per heavy atom. The summed E-state index contributed by atoms with van der Waals surface area (Å²) in [4.78, 5) is 25.3. The van der Waals surface area contributed by atoms with E-state index in [1.54, 1.807) is 0 Å². The molecule has 0 aliphatic carbocycles. The van der Waals surface area contributed by atoms with Crippen LogP contribution < -0.4 is 0 Å². The summed E-state index contributed by atoms with van der Waals surface area (Å²) >= 11 is 0. The van der Waals surface area contributed by atoms with E-state index in [1.807, 2.05) is 0 Å². The molecular formula is C43H80O12S. The molecule has 0 aromatic rings. The van der Waals surface area contributed by atoms with Gasteiger partial charge in [-0.05, 0) is 38.5 Å². The smallest absolute Gasteiger partial charge is 0.306 e. The molecule has 0 aromatic heterocycles. The molecule has 6 atom stereocenters. The van der Waals surface area contributed by atoms with Crippen LogP contribution in [0.15, 0.2) is 12.2 Å². The van der Waals surface area contributed by atoms with Gasteiger partial charge in [0.1, 0.15) is 36.8 Å². The maximum Gasteiger partial charge on any atom is 0.306 e. The molecule has 56 heavy (non-hydrogen) atoms. The van der Waals surface area contributed by atoms with E-state index in [2.05, 4.69) is 26.0 Å². The van der Waals surface area contributed by atoms with Gasteiger partial charge in [-0.2, -0.15) is 8.42 Å². The number of carbonyl (C=O) groups is 2. The first-order chi connectivity index (χ1) is 27.0. The minimum atomic E-state index is -4.60. The number of esters is 2. The molecule has 330 valence electrons. The summed E-state index contributed by atoms with van der Waals surface area (Å²) in [6.07, 6.45) is 25.4. The minimum Gasteiger partial charge on any atom is -0.462 e. The van der Waals surface area contributed by atoms with Crippen molar-refractivity contribution in [3.63, 3.8) is 0 Å². The fourth-order valence-corrected chi connectivity index (χ4v) is 7.54. The lowest BCUT2D eigenvalue weighted by Gasteiger charge is -2.40. The van der Waals surface area contributed by atoms with Gasteiger partial charge in [-0.1, -0.05) is 154 Å². The van der Waals surface area contributed by atoms with Crippen molar-refractivity contribution in [2.45, 2.75) is 230 Å². The van der Waals surface area contributed by atoms with E-state index >= 15 is 0 Å². The van der Waals surface area contributed by atoms with Crippen LogP contribution in [-0.4, -0.2) is 96.0 Å². The highest BCUT2D eigenvalue weighted by Crippen LogP contribution is 2.24. The second-order valence-corrected chi connectivity index (χ2v) is 17.2. The highest BCUT2D eigenvalue weighted by molar-refractivity contribution is 7.85. The van der Waals surface area contributed by atoms with E-state index in [4.69, 9.17) is 18.9 Å². The Bertz CT molecular complexity index is 1100. The molecule has 0 radical (unpaired) electrons. The van der Waals surface area contributed by atoms with Crippen molar-refractivity contribution in [1.29, 1.82) is 0 Å². The lowest BCUT2D eigenvalue weighted by atomic mass is 10.00. The van der Waals surface area contributed by atoms with E-state index in [1.165, 1.54) is 96.3 Å². The Labute approximate surface area is 339 Å². The zero-order valence-electron chi connectivity index (χ0n) is 35.0. The fourth-order valence-electron chi connectivity index (χ4n) is 6.85. The van der Waals surface area contributed by atoms with Crippen LogP contribution in [-0.2, 0) is 38.7 Å². The maximum absolute atomic E-state index is 12.8. The summed E-state index contributed by atoms with van der Waals surface area (Å²) in [7, 11) is -4.60. The van der Waals surface area contributed by atoms with Crippen LogP contribution in [0.25, 0.3) is 0 Å². The standard InChI is InChI=1S/C43H80O12S/c1-3-5-7-9-11-13-15-17-19-21-23-25-27-29-31-38(44)52-33-36(34-53-43-42(48)41(47)40(46)37(55-43)35-56(49,50)51)54-39(45)32-30-28-26-24-22-20-18-16-14-12-10-8-6-4-2/h16,18,36-37,40-43,46-48H,3-15,17,19-35H2,1-2H3,(H,49,50,51)/b18-16-. The summed E-state index contributed by atoms with van der Waals surface area (Å²) < 4.78 is 54.0. The second-order valence-electron chi connectivity index (χ2n) is 15.7. The topological polar surface area (TPSA) is 186 Å². The molecule has 1 aliphatic rings. The molecule has 1 heterocycles. The molecule has 1 saturated heterocycles. The van der Waals surface area contributed by atoms with Crippen molar-refractivity contribution in [1.82, 2.24) is 0 Å². The zero-order chi connectivity index (χ0) is 41.3. The number of allylic oxidation sites excluding steroid dienone is 2. The van der Waals surface area contributed by atoms with Crippen LogP contribution in [0.1, 0.15) is 194 Å². The molecule has 0 amide bonds. The van der Waals surface area contributed by atoms with Gasteiger partial charge in [0.25, 0.3) is 10.1 Å². The predicted octanol–water partition coefficient (Wildman–Crippen LogP) is 8.67. The molecule has 4 N–H and O–H groups in total. The summed E-state index contributed by atoms with van der Waals surface area (Å²) in [5.74, 6) is -1.98. The third-order valence-corrected chi connectivity index (χ3v) is 11.1. The Balaban J connectivity index is 2.46. The molecule has 0 saturated carbocycles. The number of hydrogen-bond acceptors (Lipinski definition) is 11. The Morgan fingerprint density at radius 1 is 0.589 bits per heavy atom. The summed E-state index contributed by atoms with van der Waals surface area (Å²) in [5.41, 5.74) is 0. The van der Waals surface area contributed by atoms with Crippen LogP contribution in [0.4, 0.5) is 0 Å². The second kappa shape index (κ2) is 34.3. The number of hydrogen-bond donors (Lipinski definition) is 4. The SMILES string of the molecule is CCCCCCC/C=C\CCCCCCCC(=O)OC(COC(=O)CCCCCCCCCCCCCCCC)COC1OC(CS(=O)(=O)O)C(O)C(O)C1O. The number of aliphatic hydroxyl groups excluding tert-OH is 3. The largest absolute Gasteiger partial charge is 0.462 e. The lowest BCUT2D eigenvalue weighted by molar-refractivity contribution is -0.297. The van der Waals surface area contributed by atoms with Gasteiger partial charge in [-0.25, -0.2) is 0 Å². The van der Waals surface area contributed by atoms with Gasteiger partial charge in [0.2, 0.25) is 0 Å². The van der Waals surface area contributed by atoms with Crippen LogP contribution in [0, 0.1) is 0 Å². The van der Waals surface area contributed by atoms with Crippen molar-refractivity contribution < 1.29 is 56.8 Å². The van der Waals surface area contributed by atoms with E-state index in [9.17, 15) is 37.9 Å². The average molecular weight is 821 g/mol.